The third-order valence-electron chi connectivity index (χ3n) is 3.50. The SMILES string of the molecule is CC(C)(C)c1ccc(C(=O)N2CCOC(C#N)C2)cc1. The molecule has 1 atom stereocenters. The number of amides is 1. The van der Waals surface area contributed by atoms with Crippen molar-refractivity contribution >= 4 is 5.91 Å². The third kappa shape index (κ3) is 3.17. The van der Waals surface area contributed by atoms with Crippen molar-refractivity contribution in [1.29, 1.82) is 5.26 Å². The largest absolute Gasteiger partial charge is 0.360 e. The van der Waals surface area contributed by atoms with Crippen molar-refractivity contribution in [2.45, 2.75) is 32.3 Å². The first-order valence-electron chi connectivity index (χ1n) is 6.83. The fourth-order valence-electron chi connectivity index (χ4n) is 2.21. The van der Waals surface area contributed by atoms with Gasteiger partial charge in [-0.2, -0.15) is 5.26 Å². The molecule has 1 saturated heterocycles. The van der Waals surface area contributed by atoms with Crippen molar-refractivity contribution in [3.05, 3.63) is 35.4 Å². The summed E-state index contributed by atoms with van der Waals surface area (Å²) < 4.78 is 5.25. The number of hydrogen-bond donors (Lipinski definition) is 0. The van der Waals surface area contributed by atoms with Crippen molar-refractivity contribution < 1.29 is 9.53 Å². The smallest absolute Gasteiger partial charge is 0.254 e. The number of morpholine rings is 1. The minimum atomic E-state index is -0.512. The van der Waals surface area contributed by atoms with Gasteiger partial charge in [-0.15, -0.1) is 0 Å². The summed E-state index contributed by atoms with van der Waals surface area (Å²) in [5.74, 6) is -0.0333. The van der Waals surface area contributed by atoms with Gasteiger partial charge in [-0.05, 0) is 23.1 Å². The van der Waals surface area contributed by atoms with Crippen LogP contribution in [0.3, 0.4) is 0 Å². The standard InChI is InChI=1S/C16H20N2O2/c1-16(2,3)13-6-4-12(5-7-13)15(19)18-8-9-20-14(10-17)11-18/h4-7,14H,8-9,11H2,1-3H3. The van der Waals surface area contributed by atoms with Gasteiger partial charge >= 0.3 is 0 Å². The minimum Gasteiger partial charge on any atom is -0.360 e. The molecule has 1 aromatic rings. The zero-order valence-corrected chi connectivity index (χ0v) is 12.2. The van der Waals surface area contributed by atoms with E-state index in [4.69, 9.17) is 10.00 Å². The number of ether oxygens (including phenoxy) is 1. The maximum atomic E-state index is 12.4. The molecule has 1 unspecified atom stereocenters. The fraction of sp³-hybridized carbons (Fsp3) is 0.500. The van der Waals surface area contributed by atoms with Crippen LogP contribution in [0.2, 0.25) is 0 Å². The lowest BCUT2D eigenvalue weighted by Gasteiger charge is -2.30. The number of rotatable bonds is 1. The predicted molar refractivity (Wildman–Crippen MR) is 76.4 cm³/mol. The monoisotopic (exact) mass is 272 g/mol. The van der Waals surface area contributed by atoms with Crippen molar-refractivity contribution in [2.24, 2.45) is 0 Å². The van der Waals surface area contributed by atoms with Crippen molar-refractivity contribution in [2.75, 3.05) is 19.7 Å². The van der Waals surface area contributed by atoms with Gasteiger partial charge in [0, 0.05) is 12.1 Å². The first kappa shape index (κ1) is 14.5. The van der Waals surface area contributed by atoms with E-state index in [1.54, 1.807) is 4.90 Å². The third-order valence-corrected chi connectivity index (χ3v) is 3.50. The first-order valence-corrected chi connectivity index (χ1v) is 6.83. The quantitative estimate of drug-likeness (QED) is 0.788. The van der Waals surface area contributed by atoms with Gasteiger partial charge in [0.2, 0.25) is 0 Å². The van der Waals surface area contributed by atoms with Crippen LogP contribution >= 0.6 is 0 Å². The Balaban J connectivity index is 2.12. The lowest BCUT2D eigenvalue weighted by molar-refractivity contribution is 0.00346. The summed E-state index contributed by atoms with van der Waals surface area (Å²) in [5.41, 5.74) is 1.94. The first-order chi connectivity index (χ1) is 9.41. The second kappa shape index (κ2) is 5.64. The molecule has 4 nitrogen and oxygen atoms in total. The van der Waals surface area contributed by atoms with Crippen LogP contribution in [-0.4, -0.2) is 36.6 Å². The van der Waals surface area contributed by atoms with Gasteiger partial charge in [0.25, 0.3) is 5.91 Å². The molecule has 1 fully saturated rings. The molecule has 4 heteroatoms. The van der Waals surface area contributed by atoms with Gasteiger partial charge in [0.1, 0.15) is 0 Å². The van der Waals surface area contributed by atoms with Crippen LogP contribution in [0.25, 0.3) is 0 Å². The number of carbonyl (C=O) groups is 1. The molecule has 0 radical (unpaired) electrons. The highest BCUT2D eigenvalue weighted by Crippen LogP contribution is 2.22. The Bertz CT molecular complexity index is 523. The topological polar surface area (TPSA) is 53.3 Å². The average molecular weight is 272 g/mol. The molecule has 0 bridgehead atoms. The molecule has 2 rings (SSSR count). The van der Waals surface area contributed by atoms with E-state index in [-0.39, 0.29) is 11.3 Å². The fourth-order valence-corrected chi connectivity index (χ4v) is 2.21. The van der Waals surface area contributed by atoms with Crippen LogP contribution < -0.4 is 0 Å². The second-order valence-electron chi connectivity index (χ2n) is 6.07. The van der Waals surface area contributed by atoms with Gasteiger partial charge in [-0.1, -0.05) is 32.9 Å². The summed E-state index contributed by atoms with van der Waals surface area (Å²) in [6.45, 7) is 7.73. The maximum Gasteiger partial charge on any atom is 0.254 e. The molecule has 0 aliphatic carbocycles. The van der Waals surface area contributed by atoms with Crippen molar-refractivity contribution in [1.82, 2.24) is 4.90 Å². The number of benzene rings is 1. The molecular formula is C16H20N2O2. The van der Waals surface area contributed by atoms with E-state index < -0.39 is 6.10 Å². The summed E-state index contributed by atoms with van der Waals surface area (Å²) in [7, 11) is 0. The second-order valence-corrected chi connectivity index (χ2v) is 6.07. The summed E-state index contributed by atoms with van der Waals surface area (Å²) in [5, 5.41) is 8.87. The Morgan fingerprint density at radius 2 is 2.00 bits per heavy atom. The molecule has 20 heavy (non-hydrogen) atoms. The zero-order chi connectivity index (χ0) is 14.8. The maximum absolute atomic E-state index is 12.4. The molecule has 1 aliphatic heterocycles. The molecule has 1 amide bonds. The van der Waals surface area contributed by atoms with E-state index >= 15 is 0 Å². The van der Waals surface area contributed by atoms with E-state index in [0.29, 0.717) is 25.3 Å². The Labute approximate surface area is 120 Å². The molecule has 0 saturated carbocycles. The van der Waals surface area contributed by atoms with Gasteiger partial charge in [0.05, 0.1) is 19.2 Å². The van der Waals surface area contributed by atoms with E-state index in [2.05, 4.69) is 26.8 Å². The van der Waals surface area contributed by atoms with E-state index in [1.807, 2.05) is 24.3 Å². The molecule has 1 heterocycles. The van der Waals surface area contributed by atoms with Crippen LogP contribution in [-0.2, 0) is 10.2 Å². The minimum absolute atomic E-state index is 0.0333. The summed E-state index contributed by atoms with van der Waals surface area (Å²) in [6.07, 6.45) is -0.512. The number of carbonyl (C=O) groups excluding carboxylic acids is 1. The van der Waals surface area contributed by atoms with Crippen molar-refractivity contribution in [3.63, 3.8) is 0 Å². The van der Waals surface area contributed by atoms with Gasteiger partial charge < -0.3 is 9.64 Å². The summed E-state index contributed by atoms with van der Waals surface area (Å²) >= 11 is 0. The highest BCUT2D eigenvalue weighted by molar-refractivity contribution is 5.94. The van der Waals surface area contributed by atoms with Gasteiger partial charge in [-0.25, -0.2) is 0 Å². The number of nitrogens with zero attached hydrogens (tertiary/aromatic N) is 2. The molecule has 1 aromatic carbocycles. The Hall–Kier alpha value is -1.86. The number of hydrogen-bond acceptors (Lipinski definition) is 3. The zero-order valence-electron chi connectivity index (χ0n) is 12.2. The van der Waals surface area contributed by atoms with Gasteiger partial charge in [0.15, 0.2) is 6.10 Å². The van der Waals surface area contributed by atoms with Crippen LogP contribution in [0.1, 0.15) is 36.7 Å². The normalized spacial score (nSPS) is 19.5. The van der Waals surface area contributed by atoms with Crippen molar-refractivity contribution in [3.8, 4) is 6.07 Å². The van der Waals surface area contributed by atoms with E-state index in [9.17, 15) is 4.79 Å². The number of nitriles is 1. The van der Waals surface area contributed by atoms with Gasteiger partial charge in [-0.3, -0.25) is 4.79 Å². The summed E-state index contributed by atoms with van der Waals surface area (Å²) in [6, 6.07) is 9.77. The van der Waals surface area contributed by atoms with E-state index in [1.165, 1.54) is 5.56 Å². The Kier molecular flexibility index (Phi) is 4.10. The Morgan fingerprint density at radius 1 is 1.35 bits per heavy atom. The highest BCUT2D eigenvalue weighted by atomic mass is 16.5. The molecule has 106 valence electrons. The molecule has 0 spiro atoms. The Morgan fingerprint density at radius 3 is 2.55 bits per heavy atom. The van der Waals surface area contributed by atoms with Crippen LogP contribution in [0, 0.1) is 11.3 Å². The van der Waals surface area contributed by atoms with Crippen LogP contribution in [0.15, 0.2) is 24.3 Å². The molecule has 0 N–H and O–H groups in total. The highest BCUT2D eigenvalue weighted by Gasteiger charge is 2.25. The predicted octanol–water partition coefficient (Wildman–Crippen LogP) is 2.35. The van der Waals surface area contributed by atoms with Crippen LogP contribution in [0.4, 0.5) is 0 Å². The van der Waals surface area contributed by atoms with Crippen LogP contribution in [0.5, 0.6) is 0 Å². The molecule has 0 aromatic heterocycles. The average Bonchev–Trinajstić information content (AvgIpc) is 2.46. The summed E-state index contributed by atoms with van der Waals surface area (Å²) in [4.78, 5) is 14.1. The molecule has 1 aliphatic rings. The lowest BCUT2D eigenvalue weighted by atomic mass is 9.86. The molecular weight excluding hydrogens is 252 g/mol. The lowest BCUT2D eigenvalue weighted by Crippen LogP contribution is -2.45. The van der Waals surface area contributed by atoms with E-state index in [0.717, 1.165) is 0 Å².